The summed E-state index contributed by atoms with van der Waals surface area (Å²) in [6.07, 6.45) is 8.34. The minimum absolute atomic E-state index is 0. The molecule has 15 nitrogen and oxygen atoms in total. The van der Waals surface area contributed by atoms with Gasteiger partial charge in [-0.1, -0.05) is 185 Å². The summed E-state index contributed by atoms with van der Waals surface area (Å²) < 4.78 is 0. The van der Waals surface area contributed by atoms with E-state index in [1.54, 1.807) is 0 Å². The molecular weight excluding hydrogens is 2020 g/mol. The molecule has 6 aliphatic heterocycles. The maximum Gasteiger partial charge on any atom is 4.00 e. The van der Waals surface area contributed by atoms with Crippen molar-refractivity contribution in [1.29, 1.82) is 15.8 Å². The van der Waals surface area contributed by atoms with Crippen molar-refractivity contribution in [3.63, 3.8) is 0 Å². The second kappa shape index (κ2) is 43.1. The van der Waals surface area contributed by atoms with Crippen LogP contribution in [0.2, 0.25) is 0 Å². The number of hydrogen-bond donors (Lipinski definition) is 0. The molecule has 0 spiro atoms. The Kier molecular flexibility index (Phi) is 35.8. The Balaban J connectivity index is 0.000000267. The Morgan fingerprint density at radius 1 is 0.267 bits per heavy atom. The van der Waals surface area contributed by atoms with E-state index in [2.05, 4.69) is 458 Å². The molecule has 0 saturated heterocycles. The van der Waals surface area contributed by atoms with Crippen LogP contribution in [0.5, 0.6) is 0 Å². The molecule has 0 aromatic heterocycles. The predicted octanol–water partition coefficient (Wildman–Crippen LogP) is 26.2. The molecule has 14 rings (SSSR count). The smallest absolute Gasteiger partial charge is 0.512 e. The number of anilines is 10. The van der Waals surface area contributed by atoms with Crippen LogP contribution >= 0.6 is 0 Å². The third-order valence-corrected chi connectivity index (χ3v) is 22.9. The van der Waals surface area contributed by atoms with Gasteiger partial charge in [-0.15, -0.1) is 105 Å². The largest absolute Gasteiger partial charge is 4.00 e. The van der Waals surface area contributed by atoms with Gasteiger partial charge in [0.25, 0.3) is 0 Å². The second-order valence-corrected chi connectivity index (χ2v) is 34.2. The molecule has 0 radical (unpaired) electrons. The maximum atomic E-state index is 6.25. The number of allylic oxidation sites excluding steroid dienone is 4. The van der Waals surface area contributed by atoms with Crippen molar-refractivity contribution >= 4 is 56.9 Å². The molecule has 0 atom stereocenters. The molecule has 8 aromatic rings. The number of benzene rings is 8. The first-order chi connectivity index (χ1) is 55.6. The van der Waals surface area contributed by atoms with E-state index in [-0.39, 0.29) is 63.2 Å². The van der Waals surface area contributed by atoms with Gasteiger partial charge in [-0.2, -0.15) is 40.0 Å². The monoisotopic (exact) mass is 2140 g/mol. The zero-order valence-corrected chi connectivity index (χ0v) is 82.5. The number of nitrogens with zero attached hydrogens (tertiary/aromatic N) is 15. The van der Waals surface area contributed by atoms with Crippen molar-refractivity contribution in [2.24, 2.45) is 0 Å². The van der Waals surface area contributed by atoms with E-state index in [9.17, 15) is 0 Å². The van der Waals surface area contributed by atoms with Crippen LogP contribution in [0.3, 0.4) is 0 Å². The first kappa shape index (κ1) is 99.7. The van der Waals surface area contributed by atoms with Gasteiger partial charge >= 0.3 is 63.2 Å². The predicted molar refractivity (Wildman–Crippen MR) is 490 cm³/mol. The molecule has 0 unspecified atom stereocenters. The van der Waals surface area contributed by atoms with Crippen molar-refractivity contribution in [3.05, 3.63) is 297 Å². The topological polar surface area (TPSA) is 110 Å². The summed E-state index contributed by atoms with van der Waals surface area (Å²) in [5.41, 5.74) is 36.6. The van der Waals surface area contributed by atoms with E-state index in [4.69, 9.17) is 35.5 Å². The third-order valence-electron chi connectivity index (χ3n) is 22.9. The van der Waals surface area contributed by atoms with Gasteiger partial charge in [0, 0.05) is 34.1 Å². The quantitative estimate of drug-likeness (QED) is 0.0760. The van der Waals surface area contributed by atoms with Crippen LogP contribution in [0.4, 0.5) is 56.9 Å². The zero-order chi connectivity index (χ0) is 86.2. The molecule has 0 aliphatic carbocycles. The molecule has 6 aliphatic rings. The van der Waals surface area contributed by atoms with Crippen LogP contribution in [0.25, 0.3) is 33.4 Å². The van der Waals surface area contributed by atoms with E-state index >= 15 is 0 Å². The molecule has 636 valence electrons. The molecule has 120 heavy (non-hydrogen) atoms. The minimum atomic E-state index is 0. The molecule has 0 amide bonds. The van der Waals surface area contributed by atoms with Crippen LogP contribution in [0.15, 0.2) is 169 Å². The van der Waals surface area contributed by atoms with Gasteiger partial charge in [0.2, 0.25) is 0 Å². The summed E-state index contributed by atoms with van der Waals surface area (Å²) in [7, 11) is 12.5. The van der Waals surface area contributed by atoms with E-state index < -0.39 is 0 Å². The van der Waals surface area contributed by atoms with Crippen molar-refractivity contribution in [2.75, 3.05) is 81.5 Å². The standard InChI is InChI=1S/C35H43N4.C33H39N4.C31H41N4.3CN.3Pt/c1-22(2)27-17-31(23(3)4)35(32(18-27)24(5)6)28-15-29(38-20-36(9)25(7)26(38)8)19-30(16-28)39-21-37(10)33-13-11-12-14-34(33)39;1-22(2)25-17-29(23(3)4)33(30(18-25)24(5)6)26-15-27(36-14-13-34(7)20-36)19-28(16-26)37-21-35(8)31-11-9-10-12-32(31)37;1-20(2)25-15-29(21(3)4)31(30(16-25)22(5)6)26-13-27(34-12-11-32(9)18-34)17-28(14-26)35-19-33(10)23(7)24(35)8;3*1-2;;;/h11-18,20-24H,1-10H3;9-18,20-24H,1-8H3;11-16,18-22H,1-10H3;;;;;;/q3*-3;3*-1;3*+4. The van der Waals surface area contributed by atoms with Gasteiger partial charge in [0.1, 0.15) is 0 Å². The van der Waals surface area contributed by atoms with E-state index in [0.29, 0.717) is 53.3 Å². The van der Waals surface area contributed by atoms with Crippen molar-refractivity contribution < 1.29 is 63.2 Å². The third kappa shape index (κ3) is 21.5. The summed E-state index contributed by atoms with van der Waals surface area (Å²) >= 11 is 0. The van der Waals surface area contributed by atoms with E-state index in [1.165, 1.54) is 129 Å². The summed E-state index contributed by atoms with van der Waals surface area (Å²) in [6.45, 7) is 77.4. The van der Waals surface area contributed by atoms with Gasteiger partial charge in [-0.25, -0.2) is 0 Å². The first-order valence-electron chi connectivity index (χ1n) is 41.1. The van der Waals surface area contributed by atoms with Gasteiger partial charge < -0.3 is 94.3 Å². The summed E-state index contributed by atoms with van der Waals surface area (Å²) in [4.78, 5) is 26.3. The van der Waals surface area contributed by atoms with Gasteiger partial charge in [-0.05, 0) is 250 Å². The Morgan fingerprint density at radius 2 is 0.492 bits per heavy atom. The second-order valence-electron chi connectivity index (χ2n) is 34.2. The van der Waals surface area contributed by atoms with Gasteiger partial charge in [-0.3, -0.25) is 0 Å². The number of hydrogen-bond acceptors (Lipinski definition) is 15. The van der Waals surface area contributed by atoms with Crippen LogP contribution in [-0.2, 0) is 63.2 Å². The average molecular weight is 2140 g/mol. The summed E-state index contributed by atoms with van der Waals surface area (Å²) in [5, 5.41) is 18.8. The Morgan fingerprint density at radius 3 is 0.708 bits per heavy atom. The fourth-order valence-electron chi connectivity index (χ4n) is 15.9. The Labute approximate surface area is 766 Å². The number of rotatable bonds is 18. The van der Waals surface area contributed by atoms with Crippen LogP contribution in [-0.4, -0.2) is 61.9 Å². The zero-order valence-electron chi connectivity index (χ0n) is 75.7. The van der Waals surface area contributed by atoms with Crippen molar-refractivity contribution in [1.82, 2.24) is 19.6 Å². The van der Waals surface area contributed by atoms with Crippen molar-refractivity contribution in [3.8, 4) is 33.4 Å². The molecule has 18 heteroatoms. The van der Waals surface area contributed by atoms with Crippen LogP contribution in [0, 0.1) is 93.7 Å². The molecular formula is C102H123N15Pt3. The molecule has 0 saturated carbocycles. The van der Waals surface area contributed by atoms with Crippen LogP contribution < -0.4 is 39.2 Å². The normalized spacial score (nSPS) is 14.6. The number of fused-ring (bicyclic) bond motifs is 2. The molecule has 0 N–H and O–H groups in total. The fourth-order valence-corrected chi connectivity index (χ4v) is 15.9. The first-order valence-corrected chi connectivity index (χ1v) is 41.1. The number of para-hydroxylation sites is 4. The average Bonchev–Trinajstić information content (AvgIpc) is 0.914. The van der Waals surface area contributed by atoms with E-state index in [0.717, 1.165) is 34.1 Å². The van der Waals surface area contributed by atoms with Crippen molar-refractivity contribution in [2.45, 2.75) is 206 Å². The van der Waals surface area contributed by atoms with Crippen LogP contribution in [0.1, 0.15) is 256 Å². The Hall–Kier alpha value is -9.15. The molecule has 6 heterocycles. The fraction of sp³-hybridized carbons (Fsp3) is 0.363. The maximum absolute atomic E-state index is 6.25. The summed E-state index contributed by atoms with van der Waals surface area (Å²) in [5.74, 6) is 3.97. The Bertz CT molecular complexity index is 4930. The molecule has 8 aromatic carbocycles. The SMILES string of the molecule is CC(C)c1cc(C(C)C)c(-c2cc(N3C=CN(C)[CH-]3)[c-]c(N3[CH-]N(C)c4ccccc43)c2)c(C(C)C)c1.CC1=C(C)N(c2[c-]c(N3C=CN(C)[CH-]3)cc(-c3c(C(C)C)cc(C(C)C)cc3C(C)C)c2)[CH-]N1C.CC1=C(C)N(c2[c-]c(N3[CH-]N(C)c4ccccc43)cc(-c3c(C(C)C)cc(C(C)C)cc3C(C)C)c2)[CH-]N1C.[C-]#N.[C-]#N.[C-]#N.[Pt+4].[Pt+4].[Pt+4]. The minimum Gasteiger partial charge on any atom is -0.512 e. The van der Waals surface area contributed by atoms with Gasteiger partial charge in [0.05, 0.1) is 0 Å². The molecule has 0 bridgehead atoms. The van der Waals surface area contributed by atoms with Gasteiger partial charge in [0.15, 0.2) is 0 Å². The molecule has 0 fully saturated rings. The van der Waals surface area contributed by atoms with E-state index in [1.807, 2.05) is 0 Å². The summed E-state index contributed by atoms with van der Waals surface area (Å²) in [6, 6.07) is 56.9.